The number of benzene rings is 2. The van der Waals surface area contributed by atoms with Gasteiger partial charge in [-0.3, -0.25) is 4.90 Å². The van der Waals surface area contributed by atoms with Crippen molar-refractivity contribution in [1.82, 2.24) is 4.90 Å². The molecule has 0 N–H and O–H groups in total. The quantitative estimate of drug-likeness (QED) is 0.445. The number of aryl methyl sites for hydroxylation is 1. The van der Waals surface area contributed by atoms with Gasteiger partial charge in [-0.05, 0) is 87.7 Å². The fraction of sp³-hybridized carbons (Fsp3) is 0.481. The summed E-state index contributed by atoms with van der Waals surface area (Å²) in [6, 6.07) is 18.0. The smallest absolute Gasteiger partial charge is 0.0406 e. The Labute approximate surface area is 182 Å². The second-order valence-electron chi connectivity index (χ2n) is 9.63. The van der Waals surface area contributed by atoms with Gasteiger partial charge in [0, 0.05) is 11.1 Å². The second-order valence-corrected chi connectivity index (χ2v) is 10.1. The van der Waals surface area contributed by atoms with E-state index in [2.05, 4.69) is 82.0 Å². The van der Waals surface area contributed by atoms with Crippen LogP contribution in [-0.4, -0.2) is 24.0 Å². The maximum absolute atomic E-state index is 6.11. The monoisotopic (exact) mass is 409 g/mol. The summed E-state index contributed by atoms with van der Waals surface area (Å²) in [4.78, 5) is 2.70. The number of rotatable bonds is 6. The summed E-state index contributed by atoms with van der Waals surface area (Å²) in [7, 11) is 0. The van der Waals surface area contributed by atoms with Crippen molar-refractivity contribution in [3.8, 4) is 0 Å². The minimum atomic E-state index is 0.106. The zero-order valence-electron chi connectivity index (χ0n) is 18.7. The van der Waals surface area contributed by atoms with Gasteiger partial charge in [-0.2, -0.15) is 0 Å². The Bertz CT molecular complexity index is 805. The first-order chi connectivity index (χ1) is 13.7. The van der Waals surface area contributed by atoms with E-state index in [1.807, 2.05) is 12.1 Å². The molecular formula is C27H36ClN. The van der Waals surface area contributed by atoms with Crippen LogP contribution in [0.5, 0.6) is 0 Å². The van der Waals surface area contributed by atoms with E-state index in [9.17, 15) is 0 Å². The molecule has 1 saturated heterocycles. The molecule has 1 fully saturated rings. The van der Waals surface area contributed by atoms with Crippen molar-refractivity contribution in [3.05, 3.63) is 81.9 Å². The van der Waals surface area contributed by atoms with E-state index < -0.39 is 0 Å². The fourth-order valence-electron chi connectivity index (χ4n) is 4.62. The lowest BCUT2D eigenvalue weighted by Crippen LogP contribution is -2.43. The average molecular weight is 410 g/mol. The molecule has 1 aliphatic rings. The fourth-order valence-corrected chi connectivity index (χ4v) is 4.75. The summed E-state index contributed by atoms with van der Waals surface area (Å²) >= 11 is 6.11. The summed E-state index contributed by atoms with van der Waals surface area (Å²) < 4.78 is 0. The second kappa shape index (κ2) is 9.49. The lowest BCUT2D eigenvalue weighted by molar-refractivity contribution is 0.155. The Morgan fingerprint density at radius 1 is 1.03 bits per heavy atom. The molecule has 0 aliphatic carbocycles. The van der Waals surface area contributed by atoms with Crippen molar-refractivity contribution < 1.29 is 0 Å². The average Bonchev–Trinajstić information content (AvgIpc) is 2.68. The molecule has 1 heterocycles. The Kier molecular flexibility index (Phi) is 7.24. The maximum atomic E-state index is 6.11. The van der Waals surface area contributed by atoms with Gasteiger partial charge in [-0.15, -0.1) is 0 Å². The Morgan fingerprint density at radius 2 is 1.62 bits per heavy atom. The summed E-state index contributed by atoms with van der Waals surface area (Å²) in [5.74, 6) is 0.698. The highest BCUT2D eigenvalue weighted by Crippen LogP contribution is 2.35. The zero-order chi connectivity index (χ0) is 21.0. The molecule has 0 saturated carbocycles. The molecule has 3 rings (SSSR count). The third-order valence-electron chi connectivity index (χ3n) is 6.42. The normalized spacial score (nSPS) is 17.2. The number of hydrogen-bond donors (Lipinski definition) is 0. The van der Waals surface area contributed by atoms with Crippen LogP contribution in [0.2, 0.25) is 5.02 Å². The highest BCUT2D eigenvalue weighted by atomic mass is 35.5. The zero-order valence-corrected chi connectivity index (χ0v) is 19.5. The van der Waals surface area contributed by atoms with Gasteiger partial charge in [-0.1, -0.05) is 79.1 Å². The predicted octanol–water partition coefficient (Wildman–Crippen LogP) is 7.53. The molecule has 1 nitrogen and oxygen atoms in total. The van der Waals surface area contributed by atoms with Gasteiger partial charge in [0.05, 0.1) is 0 Å². The molecule has 1 atom stereocenters. The van der Waals surface area contributed by atoms with Gasteiger partial charge in [0.15, 0.2) is 0 Å². The molecule has 29 heavy (non-hydrogen) atoms. The van der Waals surface area contributed by atoms with Crippen molar-refractivity contribution in [1.29, 1.82) is 0 Å². The van der Waals surface area contributed by atoms with E-state index in [4.69, 9.17) is 11.6 Å². The van der Waals surface area contributed by atoms with Crippen LogP contribution >= 0.6 is 11.6 Å². The molecule has 0 amide bonds. The first kappa shape index (κ1) is 22.1. The van der Waals surface area contributed by atoms with Crippen LogP contribution in [0.4, 0.5) is 0 Å². The Hall–Kier alpha value is -1.57. The van der Waals surface area contributed by atoms with Gasteiger partial charge < -0.3 is 0 Å². The van der Waals surface area contributed by atoms with E-state index in [0.29, 0.717) is 12.0 Å². The van der Waals surface area contributed by atoms with Crippen LogP contribution in [-0.2, 0) is 5.41 Å². The lowest BCUT2D eigenvalue weighted by Gasteiger charge is -2.40. The van der Waals surface area contributed by atoms with E-state index >= 15 is 0 Å². The van der Waals surface area contributed by atoms with Gasteiger partial charge >= 0.3 is 0 Å². The molecule has 0 bridgehead atoms. The summed E-state index contributed by atoms with van der Waals surface area (Å²) in [5, 5.41) is 0.809. The molecule has 2 aromatic carbocycles. The number of allylic oxidation sites excluding steroid dienone is 1. The van der Waals surface area contributed by atoms with Crippen molar-refractivity contribution >= 4 is 11.6 Å². The van der Waals surface area contributed by atoms with Gasteiger partial charge in [0.2, 0.25) is 0 Å². The molecule has 0 radical (unpaired) electrons. The van der Waals surface area contributed by atoms with Crippen molar-refractivity contribution in [3.63, 3.8) is 0 Å². The summed E-state index contributed by atoms with van der Waals surface area (Å²) in [6.07, 6.45) is 6.09. The molecule has 1 aliphatic heterocycles. The lowest BCUT2D eigenvalue weighted by atomic mass is 9.78. The number of likely N-dealkylation sites (tertiary alicyclic amines) is 1. The predicted molar refractivity (Wildman–Crippen MR) is 127 cm³/mol. The first-order valence-electron chi connectivity index (χ1n) is 11.0. The largest absolute Gasteiger partial charge is 0.297 e. The maximum Gasteiger partial charge on any atom is 0.0406 e. The van der Waals surface area contributed by atoms with Crippen LogP contribution in [0.25, 0.3) is 0 Å². The summed E-state index contributed by atoms with van der Waals surface area (Å²) in [5.41, 5.74) is 5.73. The summed E-state index contributed by atoms with van der Waals surface area (Å²) in [6.45, 7) is 13.7. The van der Waals surface area contributed by atoms with Crippen LogP contribution in [0, 0.1) is 6.92 Å². The SMILES string of the molecule is CC(C)=CC(CC(C)(C)c1ccc(Cl)cc1)N1CCC(c2ccc(C)cc2)CC1. The van der Waals surface area contributed by atoms with Crippen LogP contribution in [0.15, 0.2) is 60.2 Å². The topological polar surface area (TPSA) is 3.24 Å². The van der Waals surface area contributed by atoms with Crippen LogP contribution in [0.1, 0.15) is 69.6 Å². The first-order valence-corrected chi connectivity index (χ1v) is 11.3. The van der Waals surface area contributed by atoms with Gasteiger partial charge in [0.25, 0.3) is 0 Å². The molecular weight excluding hydrogens is 374 g/mol. The Balaban J connectivity index is 1.70. The number of halogens is 1. The van der Waals surface area contributed by atoms with Gasteiger partial charge in [-0.25, -0.2) is 0 Å². The highest BCUT2D eigenvalue weighted by molar-refractivity contribution is 6.30. The van der Waals surface area contributed by atoms with Crippen LogP contribution in [0.3, 0.4) is 0 Å². The van der Waals surface area contributed by atoms with Crippen molar-refractivity contribution in [2.75, 3.05) is 13.1 Å². The highest BCUT2D eigenvalue weighted by Gasteiger charge is 2.30. The van der Waals surface area contributed by atoms with Crippen molar-refractivity contribution in [2.24, 2.45) is 0 Å². The number of nitrogens with zero attached hydrogens (tertiary/aromatic N) is 1. The molecule has 1 unspecified atom stereocenters. The van der Waals surface area contributed by atoms with Crippen molar-refractivity contribution in [2.45, 2.75) is 71.3 Å². The van der Waals surface area contributed by atoms with E-state index in [-0.39, 0.29) is 5.41 Å². The van der Waals surface area contributed by atoms with Gasteiger partial charge in [0.1, 0.15) is 0 Å². The minimum absolute atomic E-state index is 0.106. The van der Waals surface area contributed by atoms with Crippen LogP contribution < -0.4 is 0 Å². The minimum Gasteiger partial charge on any atom is -0.297 e. The standard InChI is InChI=1S/C27H36ClN/c1-20(2)18-26(19-27(4,5)24-10-12-25(28)13-11-24)29-16-14-23(15-17-29)22-8-6-21(3)7-9-22/h6-13,18,23,26H,14-17,19H2,1-5H3. The molecule has 0 aromatic heterocycles. The molecule has 2 heteroatoms. The van der Waals surface area contributed by atoms with E-state index in [0.717, 1.165) is 11.4 Å². The number of hydrogen-bond acceptors (Lipinski definition) is 1. The van der Waals surface area contributed by atoms with E-state index in [1.54, 1.807) is 0 Å². The molecule has 0 spiro atoms. The third-order valence-corrected chi connectivity index (χ3v) is 6.67. The molecule has 156 valence electrons. The van der Waals surface area contributed by atoms with E-state index in [1.165, 1.54) is 48.2 Å². The number of piperidine rings is 1. The third kappa shape index (κ3) is 5.96. The Morgan fingerprint density at radius 3 is 2.17 bits per heavy atom. The molecule has 2 aromatic rings.